The summed E-state index contributed by atoms with van der Waals surface area (Å²) in [4.78, 5) is 16.3. The lowest BCUT2D eigenvalue weighted by molar-refractivity contribution is -0.145. The lowest BCUT2D eigenvalue weighted by Crippen LogP contribution is -2.42. The van der Waals surface area contributed by atoms with Gasteiger partial charge in [0.1, 0.15) is 5.41 Å². The molecule has 1 aliphatic carbocycles. The van der Waals surface area contributed by atoms with E-state index >= 15 is 0 Å². The van der Waals surface area contributed by atoms with Crippen LogP contribution in [0.4, 0.5) is 0 Å². The molecule has 0 saturated heterocycles. The molecule has 1 aromatic heterocycles. The van der Waals surface area contributed by atoms with Gasteiger partial charge >= 0.3 is 5.97 Å². The fourth-order valence-corrected chi connectivity index (χ4v) is 3.02. The normalized spacial score (nSPS) is 31.4. The summed E-state index contributed by atoms with van der Waals surface area (Å²) >= 11 is 1.43. The van der Waals surface area contributed by atoms with Crippen molar-refractivity contribution in [3.05, 3.63) is 16.6 Å². The summed E-state index contributed by atoms with van der Waals surface area (Å²) in [5.41, 5.74) is 6.77. The van der Waals surface area contributed by atoms with Crippen molar-refractivity contribution in [1.82, 2.24) is 4.98 Å². The smallest absolute Gasteiger partial charge is 0.315 e. The van der Waals surface area contributed by atoms with E-state index < -0.39 is 11.4 Å². The third-order valence-electron chi connectivity index (χ3n) is 3.20. The Labute approximate surface area is 92.1 Å². The van der Waals surface area contributed by atoms with Crippen molar-refractivity contribution in [2.75, 3.05) is 0 Å². The number of nitrogens with zero attached hydrogens (tertiary/aromatic N) is 1. The van der Waals surface area contributed by atoms with Crippen molar-refractivity contribution in [2.45, 2.75) is 37.1 Å². The Kier molecular flexibility index (Phi) is 2.75. The Morgan fingerprint density at radius 2 is 2.27 bits per heavy atom. The highest BCUT2D eigenvalue weighted by Gasteiger charge is 2.43. The van der Waals surface area contributed by atoms with Crippen LogP contribution in [0.3, 0.4) is 0 Å². The minimum atomic E-state index is -0.737. The second-order valence-corrected chi connectivity index (χ2v) is 4.98. The van der Waals surface area contributed by atoms with Gasteiger partial charge in [-0.1, -0.05) is 0 Å². The summed E-state index contributed by atoms with van der Waals surface area (Å²) < 4.78 is 0. The van der Waals surface area contributed by atoms with E-state index in [1.165, 1.54) is 11.3 Å². The van der Waals surface area contributed by atoms with Crippen LogP contribution in [0.1, 0.15) is 30.6 Å². The predicted molar refractivity (Wildman–Crippen MR) is 57.9 cm³/mol. The number of carboxylic acids is 1. The summed E-state index contributed by atoms with van der Waals surface area (Å²) in [6, 6.07) is 0.158. The molecule has 1 fully saturated rings. The number of carbonyl (C=O) groups is 1. The number of nitrogens with two attached hydrogens (primary N) is 1. The van der Waals surface area contributed by atoms with Crippen molar-refractivity contribution < 1.29 is 9.90 Å². The molecule has 0 amide bonds. The van der Waals surface area contributed by atoms with Gasteiger partial charge in [0.05, 0.1) is 5.51 Å². The number of carboxylic acid groups (broad SMARTS) is 1. The first kappa shape index (κ1) is 10.6. The standard InChI is InChI=1S/C10H14N2O2S/c11-7-1-3-10(4-2-7,9(13)14)8-5-12-6-15-8/h5-7H,1-4,11H2,(H,13,14). The van der Waals surface area contributed by atoms with Gasteiger partial charge in [0.15, 0.2) is 0 Å². The molecule has 1 aliphatic rings. The van der Waals surface area contributed by atoms with E-state index in [-0.39, 0.29) is 6.04 Å². The third kappa shape index (κ3) is 1.77. The first-order chi connectivity index (χ1) is 7.15. The van der Waals surface area contributed by atoms with Crippen LogP contribution in [0.5, 0.6) is 0 Å². The zero-order chi connectivity index (χ0) is 10.9. The van der Waals surface area contributed by atoms with Gasteiger partial charge in [-0.3, -0.25) is 9.78 Å². The lowest BCUT2D eigenvalue weighted by Gasteiger charge is -2.34. The number of hydrogen-bond donors (Lipinski definition) is 2. The Bertz CT molecular complexity index is 342. The molecule has 15 heavy (non-hydrogen) atoms. The minimum absolute atomic E-state index is 0.158. The van der Waals surface area contributed by atoms with E-state index in [4.69, 9.17) is 5.73 Å². The molecule has 5 heteroatoms. The van der Waals surface area contributed by atoms with Gasteiger partial charge in [-0.05, 0) is 25.7 Å². The molecule has 0 bridgehead atoms. The molecule has 82 valence electrons. The molecule has 4 nitrogen and oxygen atoms in total. The number of hydrogen-bond acceptors (Lipinski definition) is 4. The molecular formula is C10H14N2O2S. The average molecular weight is 226 g/mol. The molecule has 0 aromatic carbocycles. The third-order valence-corrected chi connectivity index (χ3v) is 4.17. The zero-order valence-electron chi connectivity index (χ0n) is 8.35. The highest BCUT2D eigenvalue weighted by molar-refractivity contribution is 7.09. The summed E-state index contributed by atoms with van der Waals surface area (Å²) in [6.45, 7) is 0. The van der Waals surface area contributed by atoms with Gasteiger partial charge in [0.2, 0.25) is 0 Å². The molecule has 0 aliphatic heterocycles. The second kappa shape index (κ2) is 3.90. The zero-order valence-corrected chi connectivity index (χ0v) is 9.17. The van der Waals surface area contributed by atoms with E-state index in [1.54, 1.807) is 11.7 Å². The maximum atomic E-state index is 11.4. The number of thiazole rings is 1. The van der Waals surface area contributed by atoms with Crippen LogP contribution < -0.4 is 5.73 Å². The van der Waals surface area contributed by atoms with Gasteiger partial charge in [-0.25, -0.2) is 0 Å². The highest BCUT2D eigenvalue weighted by atomic mass is 32.1. The van der Waals surface area contributed by atoms with E-state index in [1.807, 2.05) is 0 Å². The Hall–Kier alpha value is -0.940. The van der Waals surface area contributed by atoms with Crippen LogP contribution >= 0.6 is 11.3 Å². The topological polar surface area (TPSA) is 76.2 Å². The fourth-order valence-electron chi connectivity index (χ4n) is 2.15. The molecule has 0 unspecified atom stereocenters. The molecule has 1 heterocycles. The SMILES string of the molecule is NC1CCC(C(=O)O)(c2cncs2)CC1. The van der Waals surface area contributed by atoms with E-state index in [0.717, 1.165) is 17.7 Å². The van der Waals surface area contributed by atoms with Crippen LogP contribution in [0.25, 0.3) is 0 Å². The Balaban J connectivity index is 2.30. The van der Waals surface area contributed by atoms with Crippen LogP contribution in [-0.4, -0.2) is 22.1 Å². The van der Waals surface area contributed by atoms with E-state index in [9.17, 15) is 9.90 Å². The first-order valence-corrected chi connectivity index (χ1v) is 5.91. The van der Waals surface area contributed by atoms with Crippen molar-refractivity contribution in [3.63, 3.8) is 0 Å². The minimum Gasteiger partial charge on any atom is -0.481 e. The Morgan fingerprint density at radius 1 is 1.60 bits per heavy atom. The van der Waals surface area contributed by atoms with Gasteiger partial charge in [0.25, 0.3) is 0 Å². The lowest BCUT2D eigenvalue weighted by atomic mass is 9.72. The van der Waals surface area contributed by atoms with Crippen LogP contribution in [0, 0.1) is 0 Å². The molecular weight excluding hydrogens is 212 g/mol. The number of rotatable bonds is 2. The predicted octanol–water partition coefficient (Wildman–Crippen LogP) is 1.37. The molecule has 3 N–H and O–H groups in total. The van der Waals surface area contributed by atoms with Crippen LogP contribution in [-0.2, 0) is 10.2 Å². The quantitative estimate of drug-likeness (QED) is 0.798. The van der Waals surface area contributed by atoms with Gasteiger partial charge in [0, 0.05) is 17.1 Å². The number of aromatic nitrogens is 1. The van der Waals surface area contributed by atoms with Crippen molar-refractivity contribution in [1.29, 1.82) is 0 Å². The van der Waals surface area contributed by atoms with Crippen molar-refractivity contribution >= 4 is 17.3 Å². The number of aliphatic carboxylic acids is 1. The first-order valence-electron chi connectivity index (χ1n) is 5.03. The average Bonchev–Trinajstić information content (AvgIpc) is 2.72. The monoisotopic (exact) mass is 226 g/mol. The largest absolute Gasteiger partial charge is 0.481 e. The van der Waals surface area contributed by atoms with Gasteiger partial charge in [-0.15, -0.1) is 11.3 Å². The van der Waals surface area contributed by atoms with E-state index in [0.29, 0.717) is 12.8 Å². The fraction of sp³-hybridized carbons (Fsp3) is 0.600. The maximum absolute atomic E-state index is 11.4. The van der Waals surface area contributed by atoms with Crippen LogP contribution in [0.15, 0.2) is 11.7 Å². The second-order valence-electron chi connectivity index (χ2n) is 4.09. The Morgan fingerprint density at radius 3 is 2.73 bits per heavy atom. The summed E-state index contributed by atoms with van der Waals surface area (Å²) in [6.07, 6.45) is 4.50. The molecule has 1 aromatic rings. The van der Waals surface area contributed by atoms with Crippen molar-refractivity contribution in [2.24, 2.45) is 5.73 Å². The molecule has 2 rings (SSSR count). The maximum Gasteiger partial charge on any atom is 0.315 e. The van der Waals surface area contributed by atoms with Gasteiger partial charge < -0.3 is 10.8 Å². The highest BCUT2D eigenvalue weighted by Crippen LogP contribution is 2.40. The molecule has 0 atom stereocenters. The van der Waals surface area contributed by atoms with Crippen LogP contribution in [0.2, 0.25) is 0 Å². The molecule has 0 spiro atoms. The summed E-state index contributed by atoms with van der Waals surface area (Å²) in [5, 5.41) is 9.38. The van der Waals surface area contributed by atoms with Crippen molar-refractivity contribution in [3.8, 4) is 0 Å². The molecule has 0 radical (unpaired) electrons. The van der Waals surface area contributed by atoms with Gasteiger partial charge in [-0.2, -0.15) is 0 Å². The molecule has 1 saturated carbocycles. The van der Waals surface area contributed by atoms with E-state index in [2.05, 4.69) is 4.98 Å². The summed E-state index contributed by atoms with van der Waals surface area (Å²) in [5.74, 6) is -0.737. The summed E-state index contributed by atoms with van der Waals surface area (Å²) in [7, 11) is 0.